The lowest BCUT2D eigenvalue weighted by Gasteiger charge is -2.35. The van der Waals surface area contributed by atoms with Gasteiger partial charge in [-0.05, 0) is 68.8 Å². The van der Waals surface area contributed by atoms with Crippen molar-refractivity contribution in [1.29, 1.82) is 15.8 Å². The summed E-state index contributed by atoms with van der Waals surface area (Å²) in [5.41, 5.74) is 5.78. The van der Waals surface area contributed by atoms with Gasteiger partial charge in [0.25, 0.3) is 0 Å². The summed E-state index contributed by atoms with van der Waals surface area (Å²) < 4.78 is 2.11. The van der Waals surface area contributed by atoms with Crippen LogP contribution in [0.4, 0.5) is 0 Å². The molecule has 0 aliphatic carbocycles. The zero-order valence-electron chi connectivity index (χ0n) is 27.0. The Kier molecular flexibility index (Phi) is 7.63. The summed E-state index contributed by atoms with van der Waals surface area (Å²) in [5, 5.41) is 37.7. The molecule has 0 aliphatic rings. The highest BCUT2D eigenvalue weighted by Gasteiger charge is 2.41. The van der Waals surface area contributed by atoms with Crippen molar-refractivity contribution in [3.63, 3.8) is 0 Å². The molecule has 50 heavy (non-hydrogen) atoms. The van der Waals surface area contributed by atoms with E-state index in [-0.39, 0.29) is 0 Å². The maximum absolute atomic E-state index is 10.9. The van der Waals surface area contributed by atoms with Crippen LogP contribution in [0.5, 0.6) is 0 Å². The molecule has 0 radical (unpaired) electrons. The Labute approximate surface area is 291 Å². The van der Waals surface area contributed by atoms with Crippen molar-refractivity contribution in [2.45, 2.75) is 0 Å². The average molecular weight is 653 g/mol. The molecule has 0 fully saturated rings. The van der Waals surface area contributed by atoms with Gasteiger partial charge < -0.3 is 4.57 Å². The zero-order valence-corrected chi connectivity index (χ0v) is 28.0. The Morgan fingerprint density at radius 2 is 1.00 bits per heavy atom. The van der Waals surface area contributed by atoms with Gasteiger partial charge in [-0.2, -0.15) is 15.8 Å². The summed E-state index contributed by atoms with van der Waals surface area (Å²) in [5.74, 6) is 0. The van der Waals surface area contributed by atoms with Gasteiger partial charge in [-0.1, -0.05) is 127 Å². The molecular weight excluding hydrogens is 625 g/mol. The highest BCUT2D eigenvalue weighted by molar-refractivity contribution is 7.19. The Balaban J connectivity index is 1.43. The van der Waals surface area contributed by atoms with Crippen molar-refractivity contribution in [2.75, 3.05) is 0 Å². The summed E-state index contributed by atoms with van der Waals surface area (Å²) in [6.07, 6.45) is 0. The fourth-order valence-electron chi connectivity index (χ4n) is 7.52. The molecule has 4 nitrogen and oxygen atoms in total. The molecule has 0 bridgehead atoms. The predicted molar refractivity (Wildman–Crippen MR) is 204 cm³/mol. The van der Waals surface area contributed by atoms with E-state index in [1.807, 2.05) is 84.9 Å². The van der Waals surface area contributed by atoms with Crippen LogP contribution >= 0.6 is 0 Å². The standard InChI is InChI=1S/C45H28N4Si/c46-29-32-23-24-45-41(27-32)40-19-10-11-21-43(40)49(45)44-22-12-20-39(42(44)31-48)34-25-33(30-47)26-38(28-34)50(35-13-4-1-5-14-35,36-15-6-2-7-16-36)37-17-8-3-9-18-37/h1-28H. The quantitative estimate of drug-likeness (QED) is 0.138. The van der Waals surface area contributed by atoms with E-state index in [0.717, 1.165) is 43.8 Å². The highest BCUT2D eigenvalue weighted by Crippen LogP contribution is 2.36. The topological polar surface area (TPSA) is 76.3 Å². The molecule has 5 heteroatoms. The van der Waals surface area contributed by atoms with Crippen LogP contribution in [0.15, 0.2) is 170 Å². The summed E-state index contributed by atoms with van der Waals surface area (Å²) in [6, 6.07) is 64.9. The summed E-state index contributed by atoms with van der Waals surface area (Å²) in [4.78, 5) is 0. The van der Waals surface area contributed by atoms with Crippen LogP contribution in [0.2, 0.25) is 0 Å². The molecule has 0 saturated heterocycles. The van der Waals surface area contributed by atoms with E-state index in [2.05, 4.69) is 108 Å². The monoisotopic (exact) mass is 652 g/mol. The van der Waals surface area contributed by atoms with Crippen molar-refractivity contribution in [3.8, 4) is 35.0 Å². The molecule has 0 atom stereocenters. The largest absolute Gasteiger partial charge is 0.308 e. The first-order valence-electron chi connectivity index (χ1n) is 16.4. The molecule has 0 aliphatic heterocycles. The van der Waals surface area contributed by atoms with Gasteiger partial charge in [-0.3, -0.25) is 0 Å². The van der Waals surface area contributed by atoms with Crippen molar-refractivity contribution < 1.29 is 0 Å². The molecule has 1 aromatic heterocycles. The number of para-hydroxylation sites is 1. The molecule has 0 saturated carbocycles. The molecule has 0 amide bonds. The van der Waals surface area contributed by atoms with E-state index in [4.69, 9.17) is 0 Å². The second kappa shape index (κ2) is 12.6. The maximum atomic E-state index is 10.9. The fourth-order valence-corrected chi connectivity index (χ4v) is 12.3. The number of hydrogen-bond acceptors (Lipinski definition) is 3. The SMILES string of the molecule is N#Cc1cc(-c2cccc(-n3c4ccccc4c4cc(C#N)ccc43)c2C#N)cc([Si](c2ccccc2)(c2ccccc2)c2ccccc2)c1. The van der Waals surface area contributed by atoms with E-state index >= 15 is 0 Å². The number of hydrogen-bond donors (Lipinski definition) is 0. The van der Waals surface area contributed by atoms with E-state index in [1.54, 1.807) is 0 Å². The molecule has 0 unspecified atom stereocenters. The lowest BCUT2D eigenvalue weighted by molar-refractivity contribution is 1.17. The van der Waals surface area contributed by atoms with Crippen molar-refractivity contribution >= 4 is 50.6 Å². The second-order valence-corrected chi connectivity index (χ2v) is 16.1. The highest BCUT2D eigenvalue weighted by atomic mass is 28.3. The van der Waals surface area contributed by atoms with Crippen LogP contribution in [0.1, 0.15) is 16.7 Å². The third-order valence-electron chi connectivity index (χ3n) is 9.62. The van der Waals surface area contributed by atoms with Crippen LogP contribution in [-0.4, -0.2) is 12.6 Å². The van der Waals surface area contributed by atoms with Crippen molar-refractivity contribution in [3.05, 3.63) is 187 Å². The minimum atomic E-state index is -2.95. The first-order chi connectivity index (χ1) is 24.7. The van der Waals surface area contributed by atoms with Gasteiger partial charge in [0, 0.05) is 16.3 Å². The lowest BCUT2D eigenvalue weighted by atomic mass is 9.97. The van der Waals surface area contributed by atoms with Gasteiger partial charge in [-0.25, -0.2) is 0 Å². The molecule has 0 spiro atoms. The third kappa shape index (κ3) is 4.80. The predicted octanol–water partition coefficient (Wildman–Crippen LogP) is 7.44. The summed E-state index contributed by atoms with van der Waals surface area (Å²) in [7, 11) is -2.95. The maximum Gasteiger partial charge on any atom is 0.179 e. The molecule has 1 heterocycles. The number of aromatic nitrogens is 1. The molecule has 8 rings (SSSR count). The first-order valence-corrected chi connectivity index (χ1v) is 18.4. The van der Waals surface area contributed by atoms with Crippen LogP contribution in [0, 0.1) is 34.0 Å². The van der Waals surface area contributed by atoms with Crippen LogP contribution in [0.3, 0.4) is 0 Å². The Bertz CT molecular complexity index is 2580. The number of benzene rings is 7. The lowest BCUT2D eigenvalue weighted by Crippen LogP contribution is -2.74. The Morgan fingerprint density at radius 3 is 1.60 bits per heavy atom. The van der Waals surface area contributed by atoms with Gasteiger partial charge in [0.1, 0.15) is 6.07 Å². The summed E-state index contributed by atoms with van der Waals surface area (Å²) in [6.45, 7) is 0. The minimum absolute atomic E-state index is 0.506. The van der Waals surface area contributed by atoms with Crippen LogP contribution in [0.25, 0.3) is 38.6 Å². The van der Waals surface area contributed by atoms with E-state index in [0.29, 0.717) is 16.7 Å². The van der Waals surface area contributed by atoms with E-state index < -0.39 is 8.07 Å². The van der Waals surface area contributed by atoms with Crippen LogP contribution in [-0.2, 0) is 0 Å². The zero-order chi connectivity index (χ0) is 34.1. The van der Waals surface area contributed by atoms with E-state index in [9.17, 15) is 15.8 Å². The van der Waals surface area contributed by atoms with E-state index in [1.165, 1.54) is 15.6 Å². The van der Waals surface area contributed by atoms with Crippen LogP contribution < -0.4 is 20.7 Å². The fraction of sp³-hybridized carbons (Fsp3) is 0. The number of fused-ring (bicyclic) bond motifs is 3. The summed E-state index contributed by atoms with van der Waals surface area (Å²) >= 11 is 0. The second-order valence-electron chi connectivity index (χ2n) is 12.3. The van der Waals surface area contributed by atoms with Gasteiger partial charge in [0.15, 0.2) is 8.07 Å². The van der Waals surface area contributed by atoms with Gasteiger partial charge in [0.2, 0.25) is 0 Å². The minimum Gasteiger partial charge on any atom is -0.308 e. The number of nitrogens with zero attached hydrogens (tertiary/aromatic N) is 4. The van der Waals surface area contributed by atoms with Gasteiger partial charge >= 0.3 is 0 Å². The smallest absolute Gasteiger partial charge is 0.179 e. The molecule has 0 N–H and O–H groups in total. The molecular formula is C45H28N4Si. The normalized spacial score (nSPS) is 11.1. The molecule has 232 valence electrons. The average Bonchev–Trinajstić information content (AvgIpc) is 3.52. The number of nitriles is 3. The molecule has 8 aromatic rings. The Morgan fingerprint density at radius 1 is 0.420 bits per heavy atom. The third-order valence-corrected chi connectivity index (χ3v) is 14.4. The van der Waals surface area contributed by atoms with Gasteiger partial charge in [-0.15, -0.1) is 0 Å². The molecule has 7 aromatic carbocycles. The van der Waals surface area contributed by atoms with Crippen molar-refractivity contribution in [2.24, 2.45) is 0 Å². The number of rotatable bonds is 6. The van der Waals surface area contributed by atoms with Gasteiger partial charge in [0.05, 0.1) is 45.5 Å². The first kappa shape index (κ1) is 30.4. The Hall–Kier alpha value is -6.97. The van der Waals surface area contributed by atoms with Crippen molar-refractivity contribution in [1.82, 2.24) is 4.57 Å².